The lowest BCUT2D eigenvalue weighted by Crippen LogP contribution is -2.46. The predicted octanol–water partition coefficient (Wildman–Crippen LogP) is 2.75. The van der Waals surface area contributed by atoms with Crippen LogP contribution < -0.4 is 4.90 Å². The number of carbonyl (C=O) groups excluding carboxylic acids is 3. The molecule has 0 N–H and O–H groups in total. The number of halogens is 1. The maximum absolute atomic E-state index is 13.6. The van der Waals surface area contributed by atoms with Crippen LogP contribution in [0.3, 0.4) is 0 Å². The highest BCUT2D eigenvalue weighted by Crippen LogP contribution is 2.47. The molecule has 0 aliphatic carbocycles. The van der Waals surface area contributed by atoms with Gasteiger partial charge in [0.2, 0.25) is 11.8 Å². The van der Waals surface area contributed by atoms with Crippen LogP contribution in [0.15, 0.2) is 72.5 Å². The van der Waals surface area contributed by atoms with Gasteiger partial charge in [0.05, 0.1) is 40.1 Å². The third-order valence-electron chi connectivity index (χ3n) is 6.37. The lowest BCUT2D eigenvalue weighted by atomic mass is 9.86. The van der Waals surface area contributed by atoms with Crippen molar-refractivity contribution in [2.45, 2.75) is 12.1 Å². The molecule has 9 nitrogen and oxygen atoms in total. The molecule has 0 saturated carbocycles. The van der Waals surface area contributed by atoms with Gasteiger partial charge in [-0.1, -0.05) is 12.1 Å². The number of Topliss-reactive ketones (excluding diaryl/α,β-unsaturated/α-hetero) is 1. The van der Waals surface area contributed by atoms with Crippen LogP contribution in [0.1, 0.15) is 10.4 Å². The minimum atomic E-state index is -1.12. The summed E-state index contributed by atoms with van der Waals surface area (Å²) in [5.74, 6) is -4.32. The summed E-state index contributed by atoms with van der Waals surface area (Å²) in [6, 6.07) is 10.2. The zero-order valence-electron chi connectivity index (χ0n) is 17.4. The van der Waals surface area contributed by atoms with Crippen molar-refractivity contribution in [1.82, 2.24) is 4.90 Å². The summed E-state index contributed by atoms with van der Waals surface area (Å²) in [4.78, 5) is 53.6. The van der Waals surface area contributed by atoms with Gasteiger partial charge in [0.25, 0.3) is 5.69 Å². The van der Waals surface area contributed by atoms with Crippen LogP contribution in [0.2, 0.25) is 0 Å². The number of fused-ring (bicyclic) bond motifs is 3. The van der Waals surface area contributed by atoms with E-state index < -0.39 is 52.3 Å². The molecule has 2 fully saturated rings. The van der Waals surface area contributed by atoms with E-state index in [1.165, 1.54) is 48.7 Å². The molecule has 0 unspecified atom stereocenters. The summed E-state index contributed by atoms with van der Waals surface area (Å²) in [5.41, 5.74) is 0.209. The number of nitriles is 1. The van der Waals surface area contributed by atoms with Crippen molar-refractivity contribution >= 4 is 29.0 Å². The molecule has 5 rings (SSSR count). The topological polar surface area (TPSA) is 125 Å². The van der Waals surface area contributed by atoms with E-state index in [9.17, 15) is 34.2 Å². The number of nitro groups is 1. The summed E-state index contributed by atoms with van der Waals surface area (Å²) in [6.45, 7) is 0. The highest BCUT2D eigenvalue weighted by atomic mass is 19.1. The van der Waals surface area contributed by atoms with Gasteiger partial charge >= 0.3 is 0 Å². The van der Waals surface area contributed by atoms with Crippen molar-refractivity contribution in [3.05, 3.63) is 94.0 Å². The zero-order chi connectivity index (χ0) is 24.1. The Bertz CT molecular complexity index is 1360. The second-order valence-corrected chi connectivity index (χ2v) is 8.14. The quantitative estimate of drug-likeness (QED) is 0.299. The molecule has 4 atom stereocenters. The first-order chi connectivity index (χ1) is 16.3. The van der Waals surface area contributed by atoms with Crippen molar-refractivity contribution < 1.29 is 23.7 Å². The van der Waals surface area contributed by atoms with Crippen molar-refractivity contribution in [3.8, 4) is 6.07 Å². The Morgan fingerprint density at radius 2 is 1.79 bits per heavy atom. The maximum Gasteiger partial charge on any atom is 0.270 e. The molecule has 0 aromatic heterocycles. The van der Waals surface area contributed by atoms with Gasteiger partial charge in [0.15, 0.2) is 5.78 Å². The molecular formula is C24H15FN4O5. The molecule has 3 aliphatic rings. The summed E-state index contributed by atoms with van der Waals surface area (Å²) < 4.78 is 13.4. The Kier molecular flexibility index (Phi) is 4.83. The van der Waals surface area contributed by atoms with Crippen LogP contribution in [0.25, 0.3) is 0 Å². The standard InChI is InChI=1S/C24H15FN4O5/c25-15-4-6-16(7-5-15)28-23(31)19-18-10-13(12-26)8-9-27(18)21(20(19)24(28)32)22(30)14-2-1-3-17(11-14)29(33)34/h1-11,18-21H/t18-,19+,20-,21-/m1/s1. The third kappa shape index (κ3) is 3.09. The van der Waals surface area contributed by atoms with E-state index in [2.05, 4.69) is 0 Å². The van der Waals surface area contributed by atoms with Crippen molar-refractivity contribution in [2.24, 2.45) is 11.8 Å². The average molecular weight is 458 g/mol. The number of imide groups is 1. The molecule has 168 valence electrons. The van der Waals surface area contributed by atoms with Gasteiger partial charge in [-0.3, -0.25) is 24.5 Å². The Morgan fingerprint density at radius 1 is 1.09 bits per heavy atom. The van der Waals surface area contributed by atoms with Gasteiger partial charge in [-0.25, -0.2) is 9.29 Å². The van der Waals surface area contributed by atoms with E-state index in [0.717, 1.165) is 23.1 Å². The molecule has 10 heteroatoms. The van der Waals surface area contributed by atoms with Crippen molar-refractivity contribution in [3.63, 3.8) is 0 Å². The van der Waals surface area contributed by atoms with Crippen LogP contribution in [0, 0.1) is 39.1 Å². The number of anilines is 1. The summed E-state index contributed by atoms with van der Waals surface area (Å²) in [7, 11) is 0. The number of carbonyl (C=O) groups is 3. The first-order valence-corrected chi connectivity index (χ1v) is 10.3. The van der Waals surface area contributed by atoms with Crippen LogP contribution in [0.5, 0.6) is 0 Å². The van der Waals surface area contributed by atoms with Gasteiger partial charge in [-0.2, -0.15) is 5.26 Å². The first-order valence-electron chi connectivity index (χ1n) is 10.3. The van der Waals surface area contributed by atoms with Gasteiger partial charge in [0.1, 0.15) is 11.9 Å². The van der Waals surface area contributed by atoms with E-state index in [1.54, 1.807) is 4.90 Å². The molecule has 2 aromatic carbocycles. The minimum absolute atomic E-state index is 0.0301. The second-order valence-electron chi connectivity index (χ2n) is 8.14. The number of amides is 2. The van der Waals surface area contributed by atoms with Crippen molar-refractivity contribution in [2.75, 3.05) is 4.90 Å². The molecule has 0 radical (unpaired) electrons. The van der Waals surface area contributed by atoms with E-state index in [1.807, 2.05) is 6.07 Å². The van der Waals surface area contributed by atoms with Crippen LogP contribution in [-0.2, 0) is 9.59 Å². The number of hydrogen-bond donors (Lipinski definition) is 0. The molecule has 2 saturated heterocycles. The maximum atomic E-state index is 13.6. The van der Waals surface area contributed by atoms with Gasteiger partial charge in [-0.15, -0.1) is 0 Å². The number of allylic oxidation sites excluding steroid dienone is 2. The lowest BCUT2D eigenvalue weighted by molar-refractivity contribution is -0.384. The highest BCUT2D eigenvalue weighted by Gasteiger charge is 2.63. The number of rotatable bonds is 4. The molecule has 0 spiro atoms. The van der Waals surface area contributed by atoms with E-state index in [4.69, 9.17) is 0 Å². The zero-order valence-corrected chi connectivity index (χ0v) is 17.4. The third-order valence-corrected chi connectivity index (χ3v) is 6.37. The average Bonchev–Trinajstić information content (AvgIpc) is 3.31. The van der Waals surface area contributed by atoms with Crippen LogP contribution >= 0.6 is 0 Å². The Hall–Kier alpha value is -4.65. The molecule has 3 heterocycles. The normalized spacial score (nSPS) is 25.0. The Balaban J connectivity index is 1.60. The fourth-order valence-corrected chi connectivity index (χ4v) is 4.91. The number of ketones is 1. The van der Waals surface area contributed by atoms with E-state index in [-0.39, 0.29) is 22.5 Å². The largest absolute Gasteiger partial charge is 0.359 e. The molecule has 2 aromatic rings. The Morgan fingerprint density at radius 3 is 2.47 bits per heavy atom. The molecule has 3 aliphatic heterocycles. The van der Waals surface area contributed by atoms with Gasteiger partial charge in [-0.05, 0) is 36.4 Å². The summed E-state index contributed by atoms with van der Waals surface area (Å²) in [5, 5.41) is 20.5. The first kappa shape index (κ1) is 21.2. The molecule has 0 bridgehead atoms. The van der Waals surface area contributed by atoms with Gasteiger partial charge in [0, 0.05) is 23.9 Å². The highest BCUT2D eigenvalue weighted by molar-refractivity contribution is 6.24. The fourth-order valence-electron chi connectivity index (χ4n) is 4.91. The molecular weight excluding hydrogens is 443 g/mol. The number of benzene rings is 2. The molecule has 2 amide bonds. The lowest BCUT2D eigenvalue weighted by Gasteiger charge is -2.32. The smallest absolute Gasteiger partial charge is 0.270 e. The van der Waals surface area contributed by atoms with Gasteiger partial charge < -0.3 is 4.90 Å². The van der Waals surface area contributed by atoms with E-state index in [0.29, 0.717) is 0 Å². The second kappa shape index (κ2) is 7.74. The predicted molar refractivity (Wildman–Crippen MR) is 116 cm³/mol. The summed E-state index contributed by atoms with van der Waals surface area (Å²) >= 11 is 0. The minimum Gasteiger partial charge on any atom is -0.359 e. The fraction of sp³-hybridized carbons (Fsp3) is 0.167. The monoisotopic (exact) mass is 458 g/mol. The van der Waals surface area contributed by atoms with Crippen LogP contribution in [0.4, 0.5) is 15.8 Å². The number of hydrogen-bond acceptors (Lipinski definition) is 7. The molecule has 34 heavy (non-hydrogen) atoms. The van der Waals surface area contributed by atoms with Crippen LogP contribution in [-0.4, -0.2) is 39.5 Å². The van der Waals surface area contributed by atoms with Crippen molar-refractivity contribution in [1.29, 1.82) is 5.26 Å². The SMILES string of the molecule is N#CC1=C[C@@H]2[C@@H]3C(=O)N(c4ccc(F)cc4)C(=O)[C@H]3[C@H](C(=O)c3cccc([N+](=O)[O-])c3)N2C=C1. The number of nitrogens with zero attached hydrogens (tertiary/aromatic N) is 4. The number of non-ortho nitro benzene ring substituents is 1. The summed E-state index contributed by atoms with van der Waals surface area (Å²) in [6.07, 6.45) is 4.53. The Labute approximate surface area is 192 Å². The van der Waals surface area contributed by atoms with E-state index >= 15 is 0 Å². The number of nitro benzene ring substituents is 1.